The van der Waals surface area contributed by atoms with Crippen LogP contribution in [-0.4, -0.2) is 6.54 Å². The van der Waals surface area contributed by atoms with E-state index in [1.165, 1.54) is 5.56 Å². The van der Waals surface area contributed by atoms with Gasteiger partial charge in [0.2, 0.25) is 0 Å². The molecule has 0 unspecified atom stereocenters. The predicted octanol–water partition coefficient (Wildman–Crippen LogP) is 1.93. The van der Waals surface area contributed by atoms with Gasteiger partial charge in [-0.1, -0.05) is 0 Å². The van der Waals surface area contributed by atoms with Gasteiger partial charge in [0.05, 0.1) is 6.26 Å². The van der Waals surface area contributed by atoms with Crippen LogP contribution in [0.2, 0.25) is 0 Å². The molecule has 0 spiro atoms. The van der Waals surface area contributed by atoms with Crippen LogP contribution in [0.1, 0.15) is 12.0 Å². The minimum Gasteiger partial charge on any atom is -0.457 e. The second-order valence-corrected chi connectivity index (χ2v) is 2.93. The fourth-order valence-corrected chi connectivity index (χ4v) is 1.17. The van der Waals surface area contributed by atoms with E-state index in [4.69, 9.17) is 10.2 Å². The molecule has 0 amide bonds. The van der Waals surface area contributed by atoms with Crippen LogP contribution in [0.25, 0.3) is 0 Å². The minimum atomic E-state index is 0.739. The van der Waals surface area contributed by atoms with Crippen LogP contribution < -0.4 is 5.73 Å². The highest BCUT2D eigenvalue weighted by atomic mass is 79.9. The molecule has 3 heteroatoms. The monoisotopic (exact) mass is 203 g/mol. The van der Waals surface area contributed by atoms with Gasteiger partial charge < -0.3 is 10.2 Å². The van der Waals surface area contributed by atoms with E-state index in [0.29, 0.717) is 0 Å². The minimum absolute atomic E-state index is 0.739. The van der Waals surface area contributed by atoms with Crippen LogP contribution in [0.4, 0.5) is 0 Å². The molecule has 0 fully saturated rings. The maximum absolute atomic E-state index is 5.34. The van der Waals surface area contributed by atoms with Gasteiger partial charge in [-0.15, -0.1) is 0 Å². The van der Waals surface area contributed by atoms with Crippen LogP contribution in [0, 0.1) is 0 Å². The van der Waals surface area contributed by atoms with Crippen molar-refractivity contribution in [2.45, 2.75) is 12.8 Å². The van der Waals surface area contributed by atoms with Crippen LogP contribution in [0.15, 0.2) is 21.4 Å². The maximum Gasteiger partial charge on any atom is 0.169 e. The average Bonchev–Trinajstić information content (AvgIpc) is 2.31. The first-order chi connectivity index (χ1) is 4.83. The van der Waals surface area contributed by atoms with Crippen molar-refractivity contribution in [1.29, 1.82) is 0 Å². The Morgan fingerprint density at radius 1 is 1.60 bits per heavy atom. The summed E-state index contributed by atoms with van der Waals surface area (Å²) < 4.78 is 5.83. The SMILES string of the molecule is NCCCc1coc(Br)c1. The number of rotatable bonds is 3. The third-order valence-corrected chi connectivity index (χ3v) is 1.71. The molecule has 0 aromatic carbocycles. The van der Waals surface area contributed by atoms with Crippen LogP contribution in [0.5, 0.6) is 0 Å². The standard InChI is InChI=1S/C7H10BrNO/c8-7-4-6(5-10-7)2-1-3-9/h4-5H,1-3,9H2. The van der Waals surface area contributed by atoms with Crippen molar-refractivity contribution >= 4 is 15.9 Å². The van der Waals surface area contributed by atoms with Crippen molar-refractivity contribution in [2.75, 3.05) is 6.54 Å². The number of hydrogen-bond acceptors (Lipinski definition) is 2. The zero-order valence-corrected chi connectivity index (χ0v) is 7.23. The first-order valence-electron chi connectivity index (χ1n) is 3.26. The lowest BCUT2D eigenvalue weighted by Gasteiger charge is -1.89. The summed E-state index contributed by atoms with van der Waals surface area (Å²) in [7, 11) is 0. The molecule has 0 aliphatic rings. The fourth-order valence-electron chi connectivity index (χ4n) is 0.783. The lowest BCUT2D eigenvalue weighted by atomic mass is 10.2. The zero-order valence-electron chi connectivity index (χ0n) is 5.64. The maximum atomic E-state index is 5.34. The Kier molecular flexibility index (Phi) is 2.96. The average molecular weight is 204 g/mol. The molecule has 0 saturated carbocycles. The van der Waals surface area contributed by atoms with Crippen LogP contribution in [0.3, 0.4) is 0 Å². The molecule has 56 valence electrons. The third-order valence-electron chi connectivity index (χ3n) is 1.29. The number of furan rings is 1. The summed E-state index contributed by atoms with van der Waals surface area (Å²) >= 11 is 3.23. The topological polar surface area (TPSA) is 39.2 Å². The molecule has 10 heavy (non-hydrogen) atoms. The van der Waals surface area contributed by atoms with Gasteiger partial charge in [0.1, 0.15) is 0 Å². The van der Waals surface area contributed by atoms with Gasteiger partial charge in [-0.2, -0.15) is 0 Å². The second-order valence-electron chi connectivity index (χ2n) is 2.15. The van der Waals surface area contributed by atoms with Crippen LogP contribution in [-0.2, 0) is 6.42 Å². The molecule has 2 nitrogen and oxygen atoms in total. The molecular formula is C7H10BrNO. The van der Waals surface area contributed by atoms with E-state index in [9.17, 15) is 0 Å². The largest absolute Gasteiger partial charge is 0.457 e. The summed E-state index contributed by atoms with van der Waals surface area (Å²) in [5.74, 6) is 0. The fraction of sp³-hybridized carbons (Fsp3) is 0.429. The normalized spacial score (nSPS) is 10.2. The van der Waals surface area contributed by atoms with Crippen LogP contribution >= 0.6 is 15.9 Å². The summed E-state index contributed by atoms with van der Waals surface area (Å²) in [4.78, 5) is 0. The molecule has 2 N–H and O–H groups in total. The molecule has 1 aromatic heterocycles. The Morgan fingerprint density at radius 2 is 2.40 bits per heavy atom. The van der Waals surface area contributed by atoms with E-state index in [1.807, 2.05) is 6.07 Å². The Labute approximate surface area is 68.5 Å². The van der Waals surface area contributed by atoms with Crippen molar-refractivity contribution in [2.24, 2.45) is 5.73 Å². The van der Waals surface area contributed by atoms with Gasteiger partial charge in [-0.05, 0) is 46.9 Å². The second kappa shape index (κ2) is 3.78. The molecule has 0 atom stereocenters. The summed E-state index contributed by atoms with van der Waals surface area (Å²) in [6, 6.07) is 1.97. The molecule has 0 saturated heterocycles. The van der Waals surface area contributed by atoms with Crippen molar-refractivity contribution in [3.63, 3.8) is 0 Å². The highest BCUT2D eigenvalue weighted by Gasteiger charge is 1.96. The van der Waals surface area contributed by atoms with Gasteiger partial charge in [0.15, 0.2) is 4.67 Å². The van der Waals surface area contributed by atoms with Crippen molar-refractivity contribution < 1.29 is 4.42 Å². The van der Waals surface area contributed by atoms with E-state index >= 15 is 0 Å². The zero-order chi connectivity index (χ0) is 7.40. The first kappa shape index (κ1) is 7.82. The van der Waals surface area contributed by atoms with Gasteiger partial charge in [-0.3, -0.25) is 0 Å². The van der Waals surface area contributed by atoms with Crippen molar-refractivity contribution in [3.05, 3.63) is 22.6 Å². The summed E-state index contributed by atoms with van der Waals surface area (Å²) in [5, 5.41) is 0. The summed E-state index contributed by atoms with van der Waals surface area (Å²) in [6.07, 6.45) is 3.78. The predicted molar refractivity (Wildman–Crippen MR) is 43.8 cm³/mol. The number of hydrogen-bond donors (Lipinski definition) is 1. The Balaban J connectivity index is 2.42. The third kappa shape index (κ3) is 2.15. The van der Waals surface area contributed by atoms with E-state index in [0.717, 1.165) is 24.1 Å². The highest BCUT2D eigenvalue weighted by molar-refractivity contribution is 9.10. The molecule has 0 aliphatic heterocycles. The number of aryl methyl sites for hydroxylation is 1. The van der Waals surface area contributed by atoms with Crippen molar-refractivity contribution in [3.8, 4) is 0 Å². The van der Waals surface area contributed by atoms with Gasteiger partial charge in [-0.25, -0.2) is 0 Å². The van der Waals surface area contributed by atoms with Crippen molar-refractivity contribution in [1.82, 2.24) is 0 Å². The first-order valence-corrected chi connectivity index (χ1v) is 4.05. The molecular weight excluding hydrogens is 194 g/mol. The van der Waals surface area contributed by atoms with E-state index < -0.39 is 0 Å². The number of halogens is 1. The highest BCUT2D eigenvalue weighted by Crippen LogP contribution is 2.14. The smallest absolute Gasteiger partial charge is 0.169 e. The Morgan fingerprint density at radius 3 is 2.90 bits per heavy atom. The molecule has 1 rings (SSSR count). The quantitative estimate of drug-likeness (QED) is 0.816. The Bertz CT molecular complexity index is 197. The molecule has 1 aromatic rings. The van der Waals surface area contributed by atoms with E-state index in [2.05, 4.69) is 15.9 Å². The summed E-state index contributed by atoms with van der Waals surface area (Å²) in [6.45, 7) is 0.739. The lowest BCUT2D eigenvalue weighted by Crippen LogP contribution is -1.99. The lowest BCUT2D eigenvalue weighted by molar-refractivity contribution is 0.538. The van der Waals surface area contributed by atoms with E-state index in [-0.39, 0.29) is 0 Å². The van der Waals surface area contributed by atoms with Gasteiger partial charge >= 0.3 is 0 Å². The molecule has 1 heterocycles. The molecule has 0 bridgehead atoms. The molecule has 0 radical (unpaired) electrons. The Hall–Kier alpha value is -0.280. The van der Waals surface area contributed by atoms with E-state index in [1.54, 1.807) is 6.26 Å². The van der Waals surface area contributed by atoms with Gasteiger partial charge in [0, 0.05) is 0 Å². The molecule has 0 aliphatic carbocycles. The van der Waals surface area contributed by atoms with Gasteiger partial charge in [0.25, 0.3) is 0 Å². The number of nitrogens with two attached hydrogens (primary N) is 1. The summed E-state index contributed by atoms with van der Waals surface area (Å²) in [5.41, 5.74) is 6.55.